The smallest absolute Gasteiger partial charge is 0.406 e. The van der Waals surface area contributed by atoms with Gasteiger partial charge in [0.15, 0.2) is 0 Å². The van der Waals surface area contributed by atoms with Crippen molar-refractivity contribution in [2.45, 2.75) is 56.5 Å². The number of halogens is 3. The topological polar surface area (TPSA) is 119 Å². The van der Waals surface area contributed by atoms with E-state index in [9.17, 15) is 23.3 Å². The lowest BCUT2D eigenvalue weighted by molar-refractivity contribution is -0.384. The maximum absolute atomic E-state index is 12.5. The number of hydrogen-bond donors (Lipinski definition) is 2. The highest BCUT2D eigenvalue weighted by Crippen LogP contribution is 2.39. The molecule has 0 radical (unpaired) electrons. The Morgan fingerprint density at radius 2 is 1.80 bits per heavy atom. The third kappa shape index (κ3) is 6.27. The van der Waals surface area contributed by atoms with Crippen LogP contribution in [-0.2, 0) is 0 Å². The zero-order valence-electron chi connectivity index (χ0n) is 21.8. The second kappa shape index (κ2) is 11.3. The molecule has 2 unspecified atom stereocenters. The van der Waals surface area contributed by atoms with Crippen molar-refractivity contribution in [3.8, 4) is 17.0 Å². The van der Waals surface area contributed by atoms with Gasteiger partial charge in [-0.15, -0.1) is 13.2 Å². The third-order valence-corrected chi connectivity index (χ3v) is 7.95. The Labute approximate surface area is 229 Å². The van der Waals surface area contributed by atoms with Gasteiger partial charge in [-0.25, -0.2) is 9.97 Å². The Morgan fingerprint density at radius 1 is 1.05 bits per heavy atom. The molecule has 3 atom stereocenters. The predicted octanol–water partition coefficient (Wildman–Crippen LogP) is 5.92. The van der Waals surface area contributed by atoms with E-state index in [1.54, 1.807) is 24.4 Å². The lowest BCUT2D eigenvalue weighted by Gasteiger charge is -2.50. The first-order valence-electron chi connectivity index (χ1n) is 13.3. The number of ether oxygens (including phenoxy) is 1. The standard InChI is InChI=1S/C28H31F3N6O3/c29-28(30,31)40-23-12-6-19(7-13-23)24-14-16-33-26(34-24)35-25-5-1-2-15-27(25,32)20-4-3-17-36(18-20)21-8-10-22(11-9-21)37(38)39/h6-14,16,20,25H,1-5,15,17-18,32H2,(H,33,34,35)/t20?,25?,27-/m0/s1. The van der Waals surface area contributed by atoms with Crippen LogP contribution in [0.2, 0.25) is 0 Å². The van der Waals surface area contributed by atoms with Crippen molar-refractivity contribution in [1.82, 2.24) is 9.97 Å². The lowest BCUT2D eigenvalue weighted by Crippen LogP contribution is -2.64. The SMILES string of the molecule is N[C@]1(C2CCCN(c3ccc([N+](=O)[O-])cc3)C2)CCCCC1Nc1nccc(-c2ccc(OC(F)(F)F)cc2)n1. The maximum Gasteiger partial charge on any atom is 0.573 e. The zero-order valence-corrected chi connectivity index (χ0v) is 21.8. The van der Waals surface area contributed by atoms with Crippen LogP contribution in [0.25, 0.3) is 11.3 Å². The van der Waals surface area contributed by atoms with Gasteiger partial charge >= 0.3 is 6.36 Å². The Balaban J connectivity index is 1.31. The number of piperidine rings is 1. The van der Waals surface area contributed by atoms with E-state index in [4.69, 9.17) is 5.73 Å². The van der Waals surface area contributed by atoms with Gasteiger partial charge in [0, 0.05) is 54.3 Å². The first-order valence-corrected chi connectivity index (χ1v) is 13.3. The molecule has 12 heteroatoms. The Hall–Kier alpha value is -3.93. The average molecular weight is 557 g/mol. The van der Waals surface area contributed by atoms with Crippen molar-refractivity contribution < 1.29 is 22.8 Å². The minimum Gasteiger partial charge on any atom is -0.406 e. The van der Waals surface area contributed by atoms with E-state index in [0.29, 0.717) is 17.2 Å². The van der Waals surface area contributed by atoms with Crippen LogP contribution in [0, 0.1) is 16.0 Å². The summed E-state index contributed by atoms with van der Waals surface area (Å²) in [5.41, 5.74) is 8.91. The van der Waals surface area contributed by atoms with Crippen LogP contribution in [0.15, 0.2) is 60.8 Å². The number of hydrogen-bond acceptors (Lipinski definition) is 8. The molecule has 212 valence electrons. The summed E-state index contributed by atoms with van der Waals surface area (Å²) in [4.78, 5) is 21.9. The molecule has 40 heavy (non-hydrogen) atoms. The fourth-order valence-corrected chi connectivity index (χ4v) is 5.93. The van der Waals surface area contributed by atoms with Gasteiger partial charge in [0.2, 0.25) is 5.95 Å². The first kappa shape index (κ1) is 27.6. The molecule has 2 aliphatic rings. The molecule has 0 amide bonds. The number of benzene rings is 2. The number of nitro groups is 1. The van der Waals surface area contributed by atoms with E-state index in [2.05, 4.69) is 24.9 Å². The monoisotopic (exact) mass is 556 g/mol. The van der Waals surface area contributed by atoms with E-state index in [1.165, 1.54) is 36.4 Å². The molecule has 1 aromatic heterocycles. The molecule has 2 aromatic carbocycles. The number of alkyl halides is 3. The minimum atomic E-state index is -4.75. The highest BCUT2D eigenvalue weighted by Gasteiger charge is 2.45. The summed E-state index contributed by atoms with van der Waals surface area (Å²) in [7, 11) is 0. The Bertz CT molecular complexity index is 1320. The zero-order chi connectivity index (χ0) is 28.3. The van der Waals surface area contributed by atoms with E-state index in [0.717, 1.165) is 57.3 Å². The van der Waals surface area contributed by atoms with Crippen molar-refractivity contribution in [1.29, 1.82) is 0 Å². The van der Waals surface area contributed by atoms with E-state index in [1.807, 2.05) is 0 Å². The molecule has 9 nitrogen and oxygen atoms in total. The quantitative estimate of drug-likeness (QED) is 0.272. The van der Waals surface area contributed by atoms with Crippen LogP contribution in [-0.4, -0.2) is 45.9 Å². The molecular formula is C28H31F3N6O3. The molecule has 1 aliphatic heterocycles. The summed E-state index contributed by atoms with van der Waals surface area (Å²) in [6.45, 7) is 1.61. The Morgan fingerprint density at radius 3 is 2.50 bits per heavy atom. The summed E-state index contributed by atoms with van der Waals surface area (Å²) < 4.78 is 41.5. The number of nitrogens with zero attached hydrogens (tertiary/aromatic N) is 4. The van der Waals surface area contributed by atoms with Crippen molar-refractivity contribution in [3.05, 3.63) is 70.9 Å². The van der Waals surface area contributed by atoms with Gasteiger partial charge in [0.1, 0.15) is 5.75 Å². The molecule has 2 heterocycles. The highest BCUT2D eigenvalue weighted by atomic mass is 19.4. The minimum absolute atomic E-state index is 0.0666. The van der Waals surface area contributed by atoms with Gasteiger partial charge in [-0.1, -0.05) is 12.8 Å². The molecular weight excluding hydrogens is 525 g/mol. The molecule has 3 N–H and O–H groups in total. The number of aromatic nitrogens is 2. The Kier molecular flexibility index (Phi) is 7.79. The lowest BCUT2D eigenvalue weighted by atomic mass is 9.67. The second-order valence-electron chi connectivity index (χ2n) is 10.5. The van der Waals surface area contributed by atoms with Crippen LogP contribution < -0.4 is 20.7 Å². The molecule has 3 aromatic rings. The molecule has 1 saturated carbocycles. The van der Waals surface area contributed by atoms with Gasteiger partial charge in [-0.05, 0) is 74.1 Å². The fourth-order valence-electron chi connectivity index (χ4n) is 5.93. The van der Waals surface area contributed by atoms with E-state index >= 15 is 0 Å². The van der Waals surface area contributed by atoms with Gasteiger partial charge in [0.05, 0.1) is 10.6 Å². The summed E-state index contributed by atoms with van der Waals surface area (Å²) in [6, 6.07) is 13.8. The number of non-ortho nitro benzene ring substituents is 1. The summed E-state index contributed by atoms with van der Waals surface area (Å²) in [5.74, 6) is 0.311. The normalized spacial score (nSPS) is 23.4. The van der Waals surface area contributed by atoms with Gasteiger partial charge < -0.3 is 20.7 Å². The van der Waals surface area contributed by atoms with Gasteiger partial charge in [-0.2, -0.15) is 0 Å². The van der Waals surface area contributed by atoms with Crippen molar-refractivity contribution in [3.63, 3.8) is 0 Å². The average Bonchev–Trinajstić information content (AvgIpc) is 2.94. The van der Waals surface area contributed by atoms with Crippen LogP contribution in [0.1, 0.15) is 38.5 Å². The molecule has 2 fully saturated rings. The number of anilines is 2. The number of nitrogens with two attached hydrogens (primary N) is 1. The van der Waals surface area contributed by atoms with Crippen LogP contribution in [0.5, 0.6) is 5.75 Å². The molecule has 1 saturated heterocycles. The molecule has 1 aliphatic carbocycles. The third-order valence-electron chi connectivity index (χ3n) is 7.95. The molecule has 0 bridgehead atoms. The molecule has 5 rings (SSSR count). The number of nitrogens with one attached hydrogen (secondary N) is 1. The summed E-state index contributed by atoms with van der Waals surface area (Å²) in [5, 5.41) is 14.5. The fraction of sp³-hybridized carbons (Fsp3) is 0.429. The van der Waals surface area contributed by atoms with Crippen LogP contribution >= 0.6 is 0 Å². The van der Waals surface area contributed by atoms with E-state index < -0.39 is 16.8 Å². The van der Waals surface area contributed by atoms with Crippen molar-refractivity contribution >= 4 is 17.3 Å². The van der Waals surface area contributed by atoms with Crippen molar-refractivity contribution in [2.75, 3.05) is 23.3 Å². The number of rotatable bonds is 7. The summed E-state index contributed by atoms with van der Waals surface area (Å²) in [6.07, 6.45) is 2.57. The highest BCUT2D eigenvalue weighted by molar-refractivity contribution is 5.61. The number of nitro benzene ring substituents is 1. The van der Waals surface area contributed by atoms with Crippen LogP contribution in [0.4, 0.5) is 30.5 Å². The first-order chi connectivity index (χ1) is 19.1. The second-order valence-corrected chi connectivity index (χ2v) is 10.5. The molecule has 0 spiro atoms. The summed E-state index contributed by atoms with van der Waals surface area (Å²) >= 11 is 0. The largest absolute Gasteiger partial charge is 0.573 e. The van der Waals surface area contributed by atoms with Crippen molar-refractivity contribution in [2.24, 2.45) is 11.7 Å². The maximum atomic E-state index is 12.5. The van der Waals surface area contributed by atoms with E-state index in [-0.39, 0.29) is 23.4 Å². The predicted molar refractivity (Wildman–Crippen MR) is 145 cm³/mol. The van der Waals surface area contributed by atoms with Gasteiger partial charge in [-0.3, -0.25) is 10.1 Å². The van der Waals surface area contributed by atoms with Gasteiger partial charge in [0.25, 0.3) is 5.69 Å². The van der Waals surface area contributed by atoms with Crippen LogP contribution in [0.3, 0.4) is 0 Å².